The maximum Gasteiger partial charge on any atom is 2.00 e. The Balaban J connectivity index is -0.000000119. The predicted molar refractivity (Wildman–Crippen MR) is 275 cm³/mol. The summed E-state index contributed by atoms with van der Waals surface area (Å²) < 4.78 is 0. The standard InChI is InChI=1S/C12H16N2.C10H8N2.2C10H14.C5H10.4CH3.4ClH.Fe.2Ru/c1-2-6-11(5-1)9-13-10-12-7-3-4-8-14-12;1-11-9-6-2-4-8-5-3-7-12-10(8)9;2*1-8(2)10-6-4-9(3)5-7-10;1-2-4-5-3-1;;;;;;;;;;;/h3-4,7-9,11H,1-2,5-6,10H2;2-7H,1H2;2*4-8H,1-3H3;1-5H2;4*1H3;4*1H;;;/q;;;;;4*-1;;;;;3*+2/p-2. The Morgan fingerprint density at radius 3 is 1.45 bits per heavy atom. The molecule has 2 aromatic heterocycles. The normalized spacial score (nSPS) is 11.5. The van der Waals surface area contributed by atoms with Crippen LogP contribution >= 0.6 is 44.2 Å². The Bertz CT molecular complexity index is 1640. The van der Waals surface area contributed by atoms with Gasteiger partial charge in [0, 0.05) is 24.0 Å². The zero-order chi connectivity index (χ0) is 40.7. The molecule has 0 spiro atoms. The van der Waals surface area contributed by atoms with Gasteiger partial charge in [0.05, 0.1) is 23.4 Å². The number of hydrogen-bond acceptors (Lipinski definition) is 4. The van der Waals surface area contributed by atoms with Crippen LogP contribution in [-0.2, 0) is 58.2 Å². The Labute approximate surface area is 432 Å². The van der Waals surface area contributed by atoms with Gasteiger partial charge in [-0.25, -0.2) is 0 Å². The van der Waals surface area contributed by atoms with E-state index in [0.717, 1.165) is 34.7 Å². The number of aryl methyl sites for hydroxylation is 2. The van der Waals surface area contributed by atoms with Crippen LogP contribution < -0.4 is 0 Å². The van der Waals surface area contributed by atoms with Crippen molar-refractivity contribution in [2.45, 2.75) is 118 Å². The Kier molecular flexibility index (Phi) is 59.0. The molecule has 2 heterocycles. The molecule has 11 heteroatoms. The number of para-hydroxylation sites is 1. The monoisotopic (exact) mass is 1140 g/mol. The molecule has 0 radical (unpaired) electrons. The van der Waals surface area contributed by atoms with Gasteiger partial charge in [-0.3, -0.25) is 20.0 Å². The molecule has 352 valence electrons. The number of halogens is 4. The SMILES string of the molecule is C(=NCc1ccccn1)C1CCCC1.C1CCCC1.C=Nc1cccc2cccnc12.Cc1ccc(C(C)C)cc1.Cc1ccc(C(C)C)cc1.Cl.Cl.[CH3-].[CH3-].[CH3-].[CH3-].[Cl][Ru+].[Cl][Ru+].[Fe+2]. The van der Waals surface area contributed by atoms with Crippen LogP contribution in [0.1, 0.15) is 125 Å². The van der Waals surface area contributed by atoms with Crippen LogP contribution in [0.2, 0.25) is 0 Å². The molecule has 2 aliphatic carbocycles. The summed E-state index contributed by atoms with van der Waals surface area (Å²) in [6, 6.07) is 33.2. The largest absolute Gasteiger partial charge is 2.00 e. The first-order chi connectivity index (χ1) is 26.8. The topological polar surface area (TPSA) is 50.5 Å². The van der Waals surface area contributed by atoms with Crippen LogP contribution in [0.4, 0.5) is 5.69 Å². The minimum Gasteiger partial charge on any atom is 2.00 e. The fourth-order valence-electron chi connectivity index (χ4n) is 5.90. The van der Waals surface area contributed by atoms with E-state index >= 15 is 0 Å². The van der Waals surface area contributed by atoms with E-state index < -0.39 is 0 Å². The molecule has 0 N–H and O–H groups in total. The van der Waals surface area contributed by atoms with E-state index in [4.69, 9.17) is 0 Å². The fraction of sp³-hybridized carbons (Fsp3) is 0.373. The Morgan fingerprint density at radius 1 is 0.613 bits per heavy atom. The number of aromatic nitrogens is 2. The van der Waals surface area contributed by atoms with Gasteiger partial charge in [-0.05, 0) is 86.6 Å². The van der Waals surface area contributed by atoms with Crippen LogP contribution in [0.3, 0.4) is 0 Å². The molecule has 62 heavy (non-hydrogen) atoms. The summed E-state index contributed by atoms with van der Waals surface area (Å²) in [6.07, 6.45) is 18.6. The number of pyridine rings is 2. The van der Waals surface area contributed by atoms with Crippen molar-refractivity contribution in [1.29, 1.82) is 0 Å². The Morgan fingerprint density at radius 2 is 1.05 bits per heavy atom. The van der Waals surface area contributed by atoms with E-state index in [1.54, 1.807) is 6.20 Å². The minimum atomic E-state index is 0. The average molecular weight is 1140 g/mol. The summed E-state index contributed by atoms with van der Waals surface area (Å²) in [5.74, 6) is 2.04. The zero-order valence-electron chi connectivity index (χ0n) is 38.9. The molecule has 4 nitrogen and oxygen atoms in total. The third-order valence-corrected chi connectivity index (χ3v) is 9.22. The quantitative estimate of drug-likeness (QED) is 0.0966. The molecule has 3 aromatic carbocycles. The molecule has 0 amide bonds. The summed E-state index contributed by atoms with van der Waals surface area (Å²) in [6.45, 7) is 17.3. The van der Waals surface area contributed by atoms with Crippen LogP contribution in [0.5, 0.6) is 0 Å². The van der Waals surface area contributed by atoms with Gasteiger partial charge in [0.1, 0.15) is 0 Å². The van der Waals surface area contributed by atoms with Gasteiger partial charge in [0.15, 0.2) is 0 Å². The Hall–Kier alpha value is -1.51. The minimum absolute atomic E-state index is 0. The van der Waals surface area contributed by atoms with E-state index in [2.05, 4.69) is 142 Å². The first-order valence-electron chi connectivity index (χ1n) is 19.4. The zero-order valence-corrected chi connectivity index (χ0v) is 46.6. The van der Waals surface area contributed by atoms with Crippen molar-refractivity contribution in [3.63, 3.8) is 0 Å². The number of nitrogens with zero attached hydrogens (tertiary/aromatic N) is 4. The molecule has 2 saturated carbocycles. The second-order valence-electron chi connectivity index (χ2n) is 14.3. The predicted octanol–water partition coefficient (Wildman–Crippen LogP) is 17.6. The molecular formula is C51H76Cl4FeN4Ru2. The summed E-state index contributed by atoms with van der Waals surface area (Å²) in [7, 11) is 9.14. The molecule has 0 unspecified atom stereocenters. The van der Waals surface area contributed by atoms with Crippen LogP contribution in [0, 0.1) is 49.5 Å². The average Bonchev–Trinajstić information content (AvgIpc) is 4.00. The summed E-state index contributed by atoms with van der Waals surface area (Å²) in [5, 5.41) is 1.10. The molecule has 0 atom stereocenters. The van der Waals surface area contributed by atoms with Gasteiger partial charge in [-0.15, -0.1) is 24.8 Å². The van der Waals surface area contributed by atoms with Gasteiger partial charge >= 0.3 is 71.1 Å². The first-order valence-corrected chi connectivity index (χ1v) is 23.8. The summed E-state index contributed by atoms with van der Waals surface area (Å²) in [4.78, 5) is 16.8. The molecule has 2 fully saturated rings. The van der Waals surface area contributed by atoms with Gasteiger partial charge in [-0.1, -0.05) is 157 Å². The van der Waals surface area contributed by atoms with Gasteiger partial charge in [0.2, 0.25) is 0 Å². The molecule has 0 saturated heterocycles. The van der Waals surface area contributed by atoms with E-state index in [0.29, 0.717) is 11.8 Å². The third-order valence-electron chi connectivity index (χ3n) is 9.22. The van der Waals surface area contributed by atoms with E-state index in [-0.39, 0.29) is 71.6 Å². The fourth-order valence-corrected chi connectivity index (χ4v) is 5.90. The van der Waals surface area contributed by atoms with Crippen molar-refractivity contribution in [3.05, 3.63) is 167 Å². The van der Waals surface area contributed by atoms with Crippen molar-refractivity contribution in [2.75, 3.05) is 0 Å². The first kappa shape index (κ1) is 74.8. The summed E-state index contributed by atoms with van der Waals surface area (Å²) in [5.41, 5.74) is 8.33. The van der Waals surface area contributed by atoms with E-state index in [9.17, 15) is 0 Å². The van der Waals surface area contributed by atoms with E-state index in [1.165, 1.54) is 80.0 Å². The smallest absolute Gasteiger partial charge is 2.00 e. The van der Waals surface area contributed by atoms with Crippen molar-refractivity contribution < 1.29 is 51.7 Å². The molecule has 5 aromatic rings. The van der Waals surface area contributed by atoms with Crippen LogP contribution in [0.15, 0.2) is 119 Å². The number of hydrogen-bond donors (Lipinski definition) is 0. The van der Waals surface area contributed by atoms with Gasteiger partial charge in [-0.2, -0.15) is 0 Å². The maximum absolute atomic E-state index is 4.57. The molecule has 2 aliphatic rings. The van der Waals surface area contributed by atoms with Gasteiger partial charge < -0.3 is 29.7 Å². The molecular weight excluding hydrogens is 1070 g/mol. The van der Waals surface area contributed by atoms with E-state index in [1.807, 2.05) is 89.4 Å². The number of fused-ring (bicyclic) bond motifs is 1. The van der Waals surface area contributed by atoms with Crippen molar-refractivity contribution in [1.82, 2.24) is 9.97 Å². The van der Waals surface area contributed by atoms with Crippen molar-refractivity contribution >= 4 is 73.7 Å². The number of benzene rings is 3. The number of rotatable bonds is 6. The molecule has 0 aliphatic heterocycles. The molecule has 0 bridgehead atoms. The van der Waals surface area contributed by atoms with Crippen LogP contribution in [0.25, 0.3) is 10.9 Å². The van der Waals surface area contributed by atoms with Gasteiger partial charge in [0.25, 0.3) is 0 Å². The maximum atomic E-state index is 4.57. The van der Waals surface area contributed by atoms with Crippen LogP contribution in [-0.4, -0.2) is 22.9 Å². The summed E-state index contributed by atoms with van der Waals surface area (Å²) >= 11 is 3.64. The third kappa shape index (κ3) is 33.9. The van der Waals surface area contributed by atoms with Crippen molar-refractivity contribution in [3.8, 4) is 0 Å². The number of aliphatic imine (C=N–C) groups is 2. The van der Waals surface area contributed by atoms with Crippen molar-refractivity contribution in [2.24, 2.45) is 15.9 Å². The second-order valence-corrected chi connectivity index (χ2v) is 14.3. The second kappa shape index (κ2) is 48.9. The molecule has 7 rings (SSSR count).